The second kappa shape index (κ2) is 4.00. The van der Waals surface area contributed by atoms with E-state index in [2.05, 4.69) is 15.2 Å². The van der Waals surface area contributed by atoms with E-state index in [0.29, 0.717) is 5.84 Å². The molecule has 1 atom stereocenters. The average Bonchev–Trinajstić information content (AvgIpc) is 2.49. The highest BCUT2D eigenvalue weighted by atomic mass is 15.3. The number of hydrogen-bond donors (Lipinski definition) is 1. The summed E-state index contributed by atoms with van der Waals surface area (Å²) in [4.78, 5) is 4.42. The van der Waals surface area contributed by atoms with Crippen LogP contribution >= 0.6 is 0 Å². The zero-order valence-electron chi connectivity index (χ0n) is 10.0. The van der Waals surface area contributed by atoms with E-state index in [0.717, 1.165) is 5.82 Å². The summed E-state index contributed by atoms with van der Waals surface area (Å²) in [7, 11) is 1.90. The molecule has 1 aromatic rings. The molecule has 15 heavy (non-hydrogen) atoms. The molecule has 0 fully saturated rings. The first-order valence-corrected chi connectivity index (χ1v) is 5.00. The number of hydrogen-bond acceptors (Lipinski definition) is 3. The lowest BCUT2D eigenvalue weighted by Crippen LogP contribution is -2.29. The van der Waals surface area contributed by atoms with Crippen molar-refractivity contribution in [3.8, 4) is 0 Å². The highest BCUT2D eigenvalue weighted by Gasteiger charge is 2.18. The van der Waals surface area contributed by atoms with Crippen molar-refractivity contribution in [3.63, 3.8) is 0 Å². The number of nitrogens with two attached hydrogens (primary N) is 1. The molecule has 0 radical (unpaired) electrons. The van der Waals surface area contributed by atoms with Gasteiger partial charge in [-0.15, -0.1) is 10.2 Å². The molecule has 5 heteroatoms. The molecule has 1 aromatic heterocycles. The van der Waals surface area contributed by atoms with Crippen LogP contribution in [0.4, 0.5) is 0 Å². The Kier molecular flexibility index (Phi) is 3.12. The summed E-state index contributed by atoms with van der Waals surface area (Å²) < 4.78 is 1.85. The van der Waals surface area contributed by atoms with Crippen molar-refractivity contribution in [2.75, 3.05) is 0 Å². The minimum Gasteiger partial charge on any atom is -0.387 e. The molecular weight excluding hydrogens is 190 g/mol. The molecule has 1 unspecified atom stereocenters. The van der Waals surface area contributed by atoms with Gasteiger partial charge in [-0.2, -0.15) is 0 Å². The van der Waals surface area contributed by atoms with Crippen molar-refractivity contribution in [2.45, 2.75) is 33.7 Å². The standard InChI is InChI=1S/C10H19N5/c1-7(8-14-12-6-15(8)5)13-9(11)10(2,3)4/h6-7H,1-5H3,(H2,11,13). The second-order valence-electron chi connectivity index (χ2n) is 4.74. The summed E-state index contributed by atoms with van der Waals surface area (Å²) in [6.07, 6.45) is 1.66. The molecule has 0 aliphatic carbocycles. The molecule has 2 N–H and O–H groups in total. The number of nitrogens with zero attached hydrogens (tertiary/aromatic N) is 4. The summed E-state index contributed by atoms with van der Waals surface area (Å²) in [5.41, 5.74) is 5.80. The summed E-state index contributed by atoms with van der Waals surface area (Å²) in [6.45, 7) is 8.07. The van der Waals surface area contributed by atoms with E-state index in [1.807, 2.05) is 39.3 Å². The Morgan fingerprint density at radius 1 is 1.53 bits per heavy atom. The maximum atomic E-state index is 5.90. The third-order valence-electron chi connectivity index (χ3n) is 2.22. The van der Waals surface area contributed by atoms with Crippen LogP contribution in [-0.4, -0.2) is 20.6 Å². The first kappa shape index (κ1) is 11.7. The predicted molar refractivity (Wildman–Crippen MR) is 60.5 cm³/mol. The van der Waals surface area contributed by atoms with Gasteiger partial charge >= 0.3 is 0 Å². The van der Waals surface area contributed by atoms with Crippen LogP contribution in [0.5, 0.6) is 0 Å². The summed E-state index contributed by atoms with van der Waals surface area (Å²) >= 11 is 0. The van der Waals surface area contributed by atoms with Crippen LogP contribution in [0.2, 0.25) is 0 Å². The van der Waals surface area contributed by atoms with E-state index in [-0.39, 0.29) is 11.5 Å². The monoisotopic (exact) mass is 209 g/mol. The Bertz CT molecular complexity index is 358. The van der Waals surface area contributed by atoms with E-state index in [9.17, 15) is 0 Å². The Morgan fingerprint density at radius 2 is 2.13 bits per heavy atom. The normalized spacial score (nSPS) is 15.4. The quantitative estimate of drug-likeness (QED) is 0.589. The fourth-order valence-corrected chi connectivity index (χ4v) is 1.13. The van der Waals surface area contributed by atoms with Crippen LogP contribution in [0.25, 0.3) is 0 Å². The smallest absolute Gasteiger partial charge is 0.157 e. The molecule has 0 amide bonds. The number of aliphatic imine (C=N–C) groups is 1. The fourth-order valence-electron chi connectivity index (χ4n) is 1.13. The van der Waals surface area contributed by atoms with Gasteiger partial charge in [0.15, 0.2) is 5.82 Å². The van der Waals surface area contributed by atoms with E-state index in [4.69, 9.17) is 5.73 Å². The zero-order valence-corrected chi connectivity index (χ0v) is 10.0. The van der Waals surface area contributed by atoms with E-state index in [1.165, 1.54) is 0 Å². The SMILES string of the molecule is CC(N=C(N)C(C)(C)C)c1nncn1C. The van der Waals surface area contributed by atoms with Gasteiger partial charge in [0.05, 0.1) is 5.84 Å². The third kappa shape index (κ3) is 2.78. The number of rotatable bonds is 2. The fraction of sp³-hybridized carbons (Fsp3) is 0.700. The highest BCUT2D eigenvalue weighted by molar-refractivity contribution is 5.85. The van der Waals surface area contributed by atoms with Crippen molar-refractivity contribution in [1.82, 2.24) is 14.8 Å². The summed E-state index contributed by atoms with van der Waals surface area (Å²) in [6, 6.07) is -0.0586. The number of aromatic nitrogens is 3. The molecule has 0 spiro atoms. The van der Waals surface area contributed by atoms with Gasteiger partial charge in [-0.05, 0) is 6.92 Å². The van der Waals surface area contributed by atoms with Gasteiger partial charge in [-0.3, -0.25) is 4.99 Å². The van der Waals surface area contributed by atoms with Crippen LogP contribution in [0.15, 0.2) is 11.3 Å². The van der Waals surface area contributed by atoms with Crippen LogP contribution in [0.3, 0.4) is 0 Å². The number of amidine groups is 1. The number of aryl methyl sites for hydroxylation is 1. The highest BCUT2D eigenvalue weighted by Crippen LogP contribution is 2.18. The van der Waals surface area contributed by atoms with Gasteiger partial charge in [0.1, 0.15) is 12.4 Å². The molecule has 0 aromatic carbocycles. The summed E-state index contributed by atoms with van der Waals surface area (Å²) in [5, 5.41) is 7.82. The lowest BCUT2D eigenvalue weighted by atomic mass is 9.95. The molecule has 5 nitrogen and oxygen atoms in total. The van der Waals surface area contributed by atoms with Crippen molar-refractivity contribution >= 4 is 5.84 Å². The minimum atomic E-state index is -0.104. The maximum absolute atomic E-state index is 5.90. The van der Waals surface area contributed by atoms with Gasteiger partial charge in [0.2, 0.25) is 0 Å². The Hall–Kier alpha value is -1.39. The molecule has 0 aliphatic heterocycles. The largest absolute Gasteiger partial charge is 0.387 e. The van der Waals surface area contributed by atoms with E-state index >= 15 is 0 Å². The molecule has 0 saturated carbocycles. The first-order chi connectivity index (χ1) is 6.82. The molecule has 0 aliphatic rings. The van der Waals surface area contributed by atoms with Gasteiger partial charge < -0.3 is 10.3 Å². The van der Waals surface area contributed by atoms with Crippen molar-refractivity contribution in [2.24, 2.45) is 23.2 Å². The van der Waals surface area contributed by atoms with Crippen molar-refractivity contribution in [3.05, 3.63) is 12.2 Å². The van der Waals surface area contributed by atoms with E-state index < -0.39 is 0 Å². The lowest BCUT2D eigenvalue weighted by Gasteiger charge is -2.19. The Balaban J connectivity index is 2.89. The Morgan fingerprint density at radius 3 is 2.53 bits per heavy atom. The van der Waals surface area contributed by atoms with Gasteiger partial charge in [0, 0.05) is 12.5 Å². The molecule has 0 saturated heterocycles. The predicted octanol–water partition coefficient (Wildman–Crippen LogP) is 1.28. The average molecular weight is 209 g/mol. The zero-order chi connectivity index (χ0) is 11.6. The van der Waals surface area contributed by atoms with Gasteiger partial charge in [-0.1, -0.05) is 20.8 Å². The van der Waals surface area contributed by atoms with Crippen molar-refractivity contribution in [1.29, 1.82) is 0 Å². The second-order valence-corrected chi connectivity index (χ2v) is 4.74. The minimum absolute atomic E-state index is 0.0586. The Labute approximate surface area is 90.4 Å². The van der Waals surface area contributed by atoms with Crippen molar-refractivity contribution < 1.29 is 0 Å². The van der Waals surface area contributed by atoms with Crippen LogP contribution in [-0.2, 0) is 7.05 Å². The summed E-state index contributed by atoms with van der Waals surface area (Å²) in [5.74, 6) is 1.46. The van der Waals surface area contributed by atoms with Crippen LogP contribution in [0, 0.1) is 5.41 Å². The molecule has 0 bridgehead atoms. The van der Waals surface area contributed by atoms with Crippen LogP contribution in [0.1, 0.15) is 39.6 Å². The maximum Gasteiger partial charge on any atom is 0.157 e. The molecule has 1 rings (SSSR count). The molecule has 84 valence electrons. The van der Waals surface area contributed by atoms with Crippen LogP contribution < -0.4 is 5.73 Å². The van der Waals surface area contributed by atoms with Gasteiger partial charge in [-0.25, -0.2) is 0 Å². The lowest BCUT2D eigenvalue weighted by molar-refractivity contribution is 0.570. The van der Waals surface area contributed by atoms with E-state index in [1.54, 1.807) is 6.33 Å². The topological polar surface area (TPSA) is 69.1 Å². The third-order valence-corrected chi connectivity index (χ3v) is 2.22. The molecular formula is C10H19N5. The molecule has 1 heterocycles. The first-order valence-electron chi connectivity index (χ1n) is 5.00. The van der Waals surface area contributed by atoms with Gasteiger partial charge in [0.25, 0.3) is 0 Å².